The fraction of sp³-hybridized carbons (Fsp3) is 0.619. The Kier molecular flexibility index (Phi) is 5.16. The highest BCUT2D eigenvalue weighted by molar-refractivity contribution is 5.14. The van der Waals surface area contributed by atoms with E-state index in [9.17, 15) is 0 Å². The summed E-state index contributed by atoms with van der Waals surface area (Å²) in [6.45, 7) is 1.17. The molecule has 1 aliphatic carbocycles. The summed E-state index contributed by atoms with van der Waals surface area (Å²) in [6, 6.07) is 10.9. The summed E-state index contributed by atoms with van der Waals surface area (Å²) in [5.74, 6) is 3.47. The minimum Gasteiger partial charge on any atom is -0.338 e. The third-order valence-corrected chi connectivity index (χ3v) is 6.00. The molecule has 2 atom stereocenters. The molecular weight excluding hydrogens is 310 g/mol. The van der Waals surface area contributed by atoms with E-state index in [1.54, 1.807) is 0 Å². The lowest BCUT2D eigenvalue weighted by molar-refractivity contribution is 0.239. The predicted molar refractivity (Wildman–Crippen MR) is 98.2 cm³/mol. The number of hydrogen-bond donors (Lipinski definition) is 0. The van der Waals surface area contributed by atoms with Crippen molar-refractivity contribution in [1.29, 1.82) is 0 Å². The molecule has 1 aromatic carbocycles. The van der Waals surface area contributed by atoms with Gasteiger partial charge < -0.3 is 4.52 Å². The Bertz CT molecular complexity index is 665. The van der Waals surface area contributed by atoms with Crippen molar-refractivity contribution in [1.82, 2.24) is 15.0 Å². The van der Waals surface area contributed by atoms with Crippen molar-refractivity contribution in [2.75, 3.05) is 13.6 Å². The number of aromatic nitrogens is 2. The smallest absolute Gasteiger partial charge is 0.243 e. The van der Waals surface area contributed by atoms with Gasteiger partial charge in [0.15, 0.2) is 5.82 Å². The molecule has 1 aliphatic heterocycles. The van der Waals surface area contributed by atoms with E-state index >= 15 is 0 Å². The summed E-state index contributed by atoms with van der Waals surface area (Å²) in [6.07, 6.45) is 9.91. The maximum atomic E-state index is 5.61. The van der Waals surface area contributed by atoms with Gasteiger partial charge in [0, 0.05) is 13.0 Å². The van der Waals surface area contributed by atoms with Crippen molar-refractivity contribution in [2.45, 2.75) is 57.4 Å². The standard InChI is InChI=1S/C21H29N3O/c1-24-15-18(13-17-10-5-11-17)14-19(24)21-22-20(23-25-21)12-6-9-16-7-3-2-4-8-16/h2-4,7-8,17-19H,5-6,9-15H2,1H3. The van der Waals surface area contributed by atoms with Crippen molar-refractivity contribution < 1.29 is 4.52 Å². The van der Waals surface area contributed by atoms with Gasteiger partial charge in [-0.15, -0.1) is 0 Å². The number of benzene rings is 1. The van der Waals surface area contributed by atoms with Gasteiger partial charge in [-0.2, -0.15) is 4.98 Å². The minimum absolute atomic E-state index is 0.320. The highest BCUT2D eigenvalue weighted by Gasteiger charge is 2.36. The zero-order valence-corrected chi connectivity index (χ0v) is 15.2. The lowest BCUT2D eigenvalue weighted by atomic mass is 9.78. The van der Waals surface area contributed by atoms with E-state index in [1.807, 2.05) is 0 Å². The Labute approximate surface area is 150 Å². The van der Waals surface area contributed by atoms with Crippen LogP contribution in [0.4, 0.5) is 0 Å². The van der Waals surface area contributed by atoms with Crippen LogP contribution in [0.5, 0.6) is 0 Å². The maximum absolute atomic E-state index is 5.61. The molecule has 4 nitrogen and oxygen atoms in total. The topological polar surface area (TPSA) is 42.2 Å². The van der Waals surface area contributed by atoms with Crippen LogP contribution in [0, 0.1) is 11.8 Å². The summed E-state index contributed by atoms with van der Waals surface area (Å²) in [5.41, 5.74) is 1.38. The van der Waals surface area contributed by atoms with E-state index in [-0.39, 0.29) is 0 Å². The first-order valence-electron chi connectivity index (χ1n) is 9.84. The third-order valence-electron chi connectivity index (χ3n) is 6.00. The fourth-order valence-corrected chi connectivity index (χ4v) is 4.36. The van der Waals surface area contributed by atoms with E-state index in [0.717, 1.165) is 42.8 Å². The maximum Gasteiger partial charge on any atom is 0.243 e. The number of rotatable bonds is 7. The molecule has 0 amide bonds. The van der Waals surface area contributed by atoms with Crippen LogP contribution < -0.4 is 0 Å². The van der Waals surface area contributed by atoms with E-state index in [1.165, 1.54) is 44.2 Å². The van der Waals surface area contributed by atoms with Gasteiger partial charge in [-0.05, 0) is 50.1 Å². The molecule has 1 saturated heterocycles. The molecular formula is C21H29N3O. The fourth-order valence-electron chi connectivity index (χ4n) is 4.36. The molecule has 2 aliphatic rings. The Morgan fingerprint density at radius 2 is 1.96 bits per heavy atom. The second-order valence-corrected chi connectivity index (χ2v) is 7.98. The van der Waals surface area contributed by atoms with Gasteiger partial charge in [-0.25, -0.2) is 0 Å². The second kappa shape index (κ2) is 7.69. The van der Waals surface area contributed by atoms with Crippen LogP contribution in [0.25, 0.3) is 0 Å². The van der Waals surface area contributed by atoms with Crippen LogP contribution in [0.15, 0.2) is 34.9 Å². The van der Waals surface area contributed by atoms with Crippen LogP contribution in [0.3, 0.4) is 0 Å². The highest BCUT2D eigenvalue weighted by Crippen LogP contribution is 2.40. The van der Waals surface area contributed by atoms with Gasteiger partial charge in [0.2, 0.25) is 5.89 Å². The van der Waals surface area contributed by atoms with Crippen LogP contribution in [0.2, 0.25) is 0 Å². The third kappa shape index (κ3) is 4.12. The molecule has 2 unspecified atom stereocenters. The van der Waals surface area contributed by atoms with Gasteiger partial charge in [-0.1, -0.05) is 54.8 Å². The summed E-state index contributed by atoms with van der Waals surface area (Å²) in [7, 11) is 2.20. The Hall–Kier alpha value is -1.68. The molecule has 4 heteroatoms. The first kappa shape index (κ1) is 16.8. The van der Waals surface area contributed by atoms with E-state index in [0.29, 0.717) is 6.04 Å². The Morgan fingerprint density at radius 3 is 2.72 bits per heavy atom. The zero-order valence-electron chi connectivity index (χ0n) is 15.2. The SMILES string of the molecule is CN1CC(CC2CCC2)CC1c1nc(CCCc2ccccc2)no1. The quantitative estimate of drug-likeness (QED) is 0.748. The predicted octanol–water partition coefficient (Wildman–Crippen LogP) is 4.43. The molecule has 1 aromatic heterocycles. The first-order valence-corrected chi connectivity index (χ1v) is 9.84. The molecule has 0 radical (unpaired) electrons. The van der Waals surface area contributed by atoms with E-state index in [4.69, 9.17) is 9.51 Å². The van der Waals surface area contributed by atoms with Crippen molar-refractivity contribution in [3.63, 3.8) is 0 Å². The van der Waals surface area contributed by atoms with E-state index < -0.39 is 0 Å². The van der Waals surface area contributed by atoms with Gasteiger partial charge in [-0.3, -0.25) is 4.90 Å². The second-order valence-electron chi connectivity index (χ2n) is 7.98. The number of hydrogen-bond acceptors (Lipinski definition) is 4. The van der Waals surface area contributed by atoms with Crippen molar-refractivity contribution in [3.8, 4) is 0 Å². The lowest BCUT2D eigenvalue weighted by Gasteiger charge is -2.27. The van der Waals surface area contributed by atoms with Gasteiger partial charge in [0.1, 0.15) is 0 Å². The largest absolute Gasteiger partial charge is 0.338 e. The summed E-state index contributed by atoms with van der Waals surface area (Å²) < 4.78 is 5.61. The van der Waals surface area contributed by atoms with Crippen LogP contribution >= 0.6 is 0 Å². The summed E-state index contributed by atoms with van der Waals surface area (Å²) >= 11 is 0. The molecule has 2 fully saturated rings. The lowest BCUT2D eigenvalue weighted by Crippen LogP contribution is -2.20. The minimum atomic E-state index is 0.320. The van der Waals surface area contributed by atoms with E-state index in [2.05, 4.69) is 47.4 Å². The zero-order chi connectivity index (χ0) is 17.1. The van der Waals surface area contributed by atoms with Crippen LogP contribution in [-0.4, -0.2) is 28.6 Å². The highest BCUT2D eigenvalue weighted by atomic mass is 16.5. The molecule has 2 heterocycles. The molecule has 134 valence electrons. The van der Waals surface area contributed by atoms with Crippen molar-refractivity contribution in [3.05, 3.63) is 47.6 Å². The van der Waals surface area contributed by atoms with Crippen LogP contribution in [0.1, 0.15) is 61.8 Å². The summed E-state index contributed by atoms with van der Waals surface area (Å²) in [5, 5.41) is 4.23. The number of nitrogens with zero attached hydrogens (tertiary/aromatic N) is 3. The Balaban J connectivity index is 1.28. The normalized spacial score (nSPS) is 24.5. The molecule has 4 rings (SSSR count). The molecule has 0 spiro atoms. The van der Waals surface area contributed by atoms with Gasteiger partial charge in [0.05, 0.1) is 6.04 Å². The molecule has 25 heavy (non-hydrogen) atoms. The van der Waals surface area contributed by atoms with Crippen molar-refractivity contribution in [2.24, 2.45) is 11.8 Å². The monoisotopic (exact) mass is 339 g/mol. The molecule has 0 N–H and O–H groups in total. The molecule has 0 bridgehead atoms. The van der Waals surface area contributed by atoms with Gasteiger partial charge >= 0.3 is 0 Å². The van der Waals surface area contributed by atoms with Crippen molar-refractivity contribution >= 4 is 0 Å². The summed E-state index contributed by atoms with van der Waals surface area (Å²) in [4.78, 5) is 7.11. The average molecular weight is 339 g/mol. The number of likely N-dealkylation sites (tertiary alicyclic amines) is 1. The Morgan fingerprint density at radius 1 is 1.12 bits per heavy atom. The first-order chi connectivity index (χ1) is 12.3. The number of aryl methyl sites for hydroxylation is 2. The molecule has 1 saturated carbocycles. The molecule has 2 aromatic rings. The van der Waals surface area contributed by atoms with Crippen LogP contribution in [-0.2, 0) is 12.8 Å². The average Bonchev–Trinajstić information content (AvgIpc) is 3.18. The van der Waals surface area contributed by atoms with Gasteiger partial charge in [0.25, 0.3) is 0 Å².